The summed E-state index contributed by atoms with van der Waals surface area (Å²) in [6.07, 6.45) is 6.64. The molecular formula is C15H32N4. The van der Waals surface area contributed by atoms with Crippen molar-refractivity contribution in [3.63, 3.8) is 0 Å². The molecular weight excluding hydrogens is 236 g/mol. The molecule has 1 aliphatic rings. The van der Waals surface area contributed by atoms with Gasteiger partial charge in [0.25, 0.3) is 0 Å². The second-order valence-electron chi connectivity index (χ2n) is 5.47. The molecule has 0 aromatic heterocycles. The molecule has 0 amide bonds. The van der Waals surface area contributed by atoms with Crippen LogP contribution in [-0.2, 0) is 0 Å². The zero-order chi connectivity index (χ0) is 13.9. The van der Waals surface area contributed by atoms with Crippen molar-refractivity contribution >= 4 is 5.96 Å². The van der Waals surface area contributed by atoms with Crippen LogP contribution in [0.5, 0.6) is 0 Å². The van der Waals surface area contributed by atoms with E-state index in [9.17, 15) is 0 Å². The minimum absolute atomic E-state index is 0.482. The molecule has 1 saturated heterocycles. The molecule has 112 valence electrons. The maximum Gasteiger partial charge on any atom is 0.191 e. The van der Waals surface area contributed by atoms with Crippen molar-refractivity contribution in [1.82, 2.24) is 15.5 Å². The van der Waals surface area contributed by atoms with E-state index in [1.165, 1.54) is 38.8 Å². The summed E-state index contributed by atoms with van der Waals surface area (Å²) >= 11 is 0. The number of rotatable bonds is 6. The van der Waals surface area contributed by atoms with E-state index in [0.29, 0.717) is 6.04 Å². The van der Waals surface area contributed by atoms with Gasteiger partial charge in [0, 0.05) is 19.1 Å². The summed E-state index contributed by atoms with van der Waals surface area (Å²) in [6, 6.07) is 0.482. The Morgan fingerprint density at radius 3 is 2.42 bits per heavy atom. The first kappa shape index (κ1) is 16.3. The number of hydrogen-bond donors (Lipinski definition) is 2. The summed E-state index contributed by atoms with van der Waals surface area (Å²) in [7, 11) is 0. The Kier molecular flexibility index (Phi) is 8.63. The molecule has 0 aliphatic carbocycles. The van der Waals surface area contributed by atoms with Crippen molar-refractivity contribution in [3.8, 4) is 0 Å². The fourth-order valence-corrected chi connectivity index (χ4v) is 2.32. The van der Waals surface area contributed by atoms with E-state index in [1.54, 1.807) is 0 Å². The number of aliphatic imine (C=N–C) groups is 1. The predicted octanol–water partition coefficient (Wildman–Crippen LogP) is 2.22. The van der Waals surface area contributed by atoms with E-state index in [2.05, 4.69) is 41.3 Å². The van der Waals surface area contributed by atoms with Gasteiger partial charge in [-0.2, -0.15) is 0 Å². The topological polar surface area (TPSA) is 39.7 Å². The van der Waals surface area contributed by atoms with Crippen molar-refractivity contribution < 1.29 is 0 Å². The maximum atomic E-state index is 4.68. The van der Waals surface area contributed by atoms with Gasteiger partial charge in [0.15, 0.2) is 5.96 Å². The third-order valence-corrected chi connectivity index (χ3v) is 3.72. The van der Waals surface area contributed by atoms with E-state index in [0.717, 1.165) is 32.0 Å². The molecule has 1 rings (SSSR count). The smallest absolute Gasteiger partial charge is 0.191 e. The molecule has 1 heterocycles. The molecule has 1 fully saturated rings. The second kappa shape index (κ2) is 10.1. The van der Waals surface area contributed by atoms with Gasteiger partial charge in [-0.05, 0) is 46.2 Å². The van der Waals surface area contributed by atoms with Crippen molar-refractivity contribution in [2.75, 3.05) is 32.7 Å². The van der Waals surface area contributed by atoms with Crippen molar-refractivity contribution in [2.24, 2.45) is 4.99 Å². The first-order valence-electron chi connectivity index (χ1n) is 8.03. The Morgan fingerprint density at radius 2 is 1.84 bits per heavy atom. The fraction of sp³-hybridized carbons (Fsp3) is 0.933. The molecule has 0 spiro atoms. The minimum atomic E-state index is 0.482. The summed E-state index contributed by atoms with van der Waals surface area (Å²) in [5.74, 6) is 0.965. The zero-order valence-electron chi connectivity index (χ0n) is 13.0. The Balaban J connectivity index is 2.32. The quantitative estimate of drug-likeness (QED) is 0.573. The highest BCUT2D eigenvalue weighted by atomic mass is 15.2. The first-order chi connectivity index (χ1) is 9.26. The van der Waals surface area contributed by atoms with Gasteiger partial charge in [-0.3, -0.25) is 4.99 Å². The standard InChI is InChI=1S/C15H32N4/c1-4-14(3)18-15(16-5-2)17-10-13-19-11-8-6-7-9-12-19/h14H,4-13H2,1-3H3,(H2,16,17,18). The summed E-state index contributed by atoms with van der Waals surface area (Å²) in [6.45, 7) is 11.9. The summed E-state index contributed by atoms with van der Waals surface area (Å²) in [5.41, 5.74) is 0. The summed E-state index contributed by atoms with van der Waals surface area (Å²) in [4.78, 5) is 7.24. The van der Waals surface area contributed by atoms with Crippen LogP contribution in [0.25, 0.3) is 0 Å². The van der Waals surface area contributed by atoms with E-state index in [1.807, 2.05) is 0 Å². The summed E-state index contributed by atoms with van der Waals surface area (Å²) < 4.78 is 0. The monoisotopic (exact) mass is 268 g/mol. The predicted molar refractivity (Wildman–Crippen MR) is 83.8 cm³/mol. The van der Waals surface area contributed by atoms with Gasteiger partial charge in [-0.1, -0.05) is 19.8 Å². The highest BCUT2D eigenvalue weighted by Gasteiger charge is 2.08. The lowest BCUT2D eigenvalue weighted by Crippen LogP contribution is -2.42. The molecule has 19 heavy (non-hydrogen) atoms. The van der Waals surface area contributed by atoms with Crippen LogP contribution in [0.2, 0.25) is 0 Å². The number of nitrogens with one attached hydrogen (secondary N) is 2. The molecule has 1 aliphatic heterocycles. The number of likely N-dealkylation sites (tertiary alicyclic amines) is 1. The van der Waals surface area contributed by atoms with Crippen molar-refractivity contribution in [2.45, 2.75) is 58.9 Å². The van der Waals surface area contributed by atoms with Crippen LogP contribution in [0.1, 0.15) is 52.9 Å². The van der Waals surface area contributed by atoms with Crippen LogP contribution in [0, 0.1) is 0 Å². The average molecular weight is 268 g/mol. The number of hydrogen-bond acceptors (Lipinski definition) is 2. The van der Waals surface area contributed by atoms with Gasteiger partial charge in [0.2, 0.25) is 0 Å². The van der Waals surface area contributed by atoms with Crippen molar-refractivity contribution in [1.29, 1.82) is 0 Å². The lowest BCUT2D eigenvalue weighted by molar-refractivity contribution is 0.293. The molecule has 0 aromatic carbocycles. The van der Waals surface area contributed by atoms with Crippen LogP contribution in [0.4, 0.5) is 0 Å². The van der Waals surface area contributed by atoms with Crippen LogP contribution in [0.3, 0.4) is 0 Å². The Morgan fingerprint density at radius 1 is 1.16 bits per heavy atom. The third-order valence-electron chi connectivity index (χ3n) is 3.72. The van der Waals surface area contributed by atoms with Crippen LogP contribution >= 0.6 is 0 Å². The molecule has 1 atom stereocenters. The lowest BCUT2D eigenvalue weighted by Gasteiger charge is -2.20. The van der Waals surface area contributed by atoms with Gasteiger partial charge >= 0.3 is 0 Å². The zero-order valence-corrected chi connectivity index (χ0v) is 13.0. The minimum Gasteiger partial charge on any atom is -0.357 e. The molecule has 0 radical (unpaired) electrons. The normalized spacial score (nSPS) is 19.8. The van der Waals surface area contributed by atoms with Gasteiger partial charge < -0.3 is 15.5 Å². The van der Waals surface area contributed by atoms with Crippen LogP contribution in [0.15, 0.2) is 4.99 Å². The third kappa shape index (κ3) is 7.41. The molecule has 0 aromatic rings. The van der Waals surface area contributed by atoms with E-state index >= 15 is 0 Å². The maximum absolute atomic E-state index is 4.68. The lowest BCUT2D eigenvalue weighted by atomic mass is 10.2. The molecule has 1 unspecified atom stereocenters. The van der Waals surface area contributed by atoms with Gasteiger partial charge in [0.1, 0.15) is 0 Å². The summed E-state index contributed by atoms with van der Waals surface area (Å²) in [5, 5.41) is 6.76. The molecule has 0 saturated carbocycles. The Hall–Kier alpha value is -0.770. The molecule has 4 heteroatoms. The molecule has 4 nitrogen and oxygen atoms in total. The van der Waals surface area contributed by atoms with Gasteiger partial charge in [-0.15, -0.1) is 0 Å². The largest absolute Gasteiger partial charge is 0.357 e. The highest BCUT2D eigenvalue weighted by Crippen LogP contribution is 2.08. The highest BCUT2D eigenvalue weighted by molar-refractivity contribution is 5.80. The first-order valence-corrected chi connectivity index (χ1v) is 8.03. The number of guanidine groups is 1. The molecule has 0 bridgehead atoms. The average Bonchev–Trinajstić information content (AvgIpc) is 2.67. The van der Waals surface area contributed by atoms with Crippen LogP contribution in [-0.4, -0.2) is 49.6 Å². The fourth-order valence-electron chi connectivity index (χ4n) is 2.32. The number of nitrogens with zero attached hydrogens (tertiary/aromatic N) is 2. The van der Waals surface area contributed by atoms with Gasteiger partial charge in [0.05, 0.1) is 6.54 Å². The van der Waals surface area contributed by atoms with E-state index < -0.39 is 0 Å². The van der Waals surface area contributed by atoms with E-state index in [4.69, 9.17) is 0 Å². The molecule has 2 N–H and O–H groups in total. The van der Waals surface area contributed by atoms with Crippen molar-refractivity contribution in [3.05, 3.63) is 0 Å². The van der Waals surface area contributed by atoms with Crippen LogP contribution < -0.4 is 10.6 Å². The second-order valence-corrected chi connectivity index (χ2v) is 5.47. The Labute approximate surface area is 119 Å². The SMILES string of the molecule is CCNC(=NCCN1CCCCCC1)NC(C)CC. The van der Waals surface area contributed by atoms with E-state index in [-0.39, 0.29) is 0 Å². The Bertz CT molecular complexity index is 245. The van der Waals surface area contributed by atoms with Gasteiger partial charge in [-0.25, -0.2) is 0 Å².